The number of rotatable bonds is 3. The van der Waals surface area contributed by atoms with Gasteiger partial charge in [-0.2, -0.15) is 0 Å². The molecule has 5 heteroatoms. The Morgan fingerprint density at radius 2 is 2.17 bits per heavy atom. The molecule has 0 fully saturated rings. The summed E-state index contributed by atoms with van der Waals surface area (Å²) in [7, 11) is 0. The molecule has 18 heavy (non-hydrogen) atoms. The minimum absolute atomic E-state index is 0.169. The lowest BCUT2D eigenvalue weighted by atomic mass is 10.2. The summed E-state index contributed by atoms with van der Waals surface area (Å²) in [5.41, 5.74) is 6.75. The number of halogens is 1. The number of carbonyl (C=O) groups excluding carboxylic acids is 1. The minimum Gasteiger partial charge on any atom is -0.398 e. The SMILES string of the molecule is Cc1sc(C(=O)NCc2ccccc2F)cc1N. The predicted octanol–water partition coefficient (Wildman–Crippen LogP) is 2.71. The molecule has 0 aliphatic heterocycles. The number of aryl methyl sites for hydroxylation is 1. The van der Waals surface area contributed by atoms with E-state index >= 15 is 0 Å². The number of amides is 1. The molecule has 3 N–H and O–H groups in total. The van der Waals surface area contributed by atoms with Gasteiger partial charge in [-0.05, 0) is 19.1 Å². The molecule has 94 valence electrons. The van der Waals surface area contributed by atoms with E-state index in [0.29, 0.717) is 16.1 Å². The summed E-state index contributed by atoms with van der Waals surface area (Å²) < 4.78 is 13.3. The molecular weight excluding hydrogens is 251 g/mol. The molecule has 0 aliphatic rings. The molecule has 1 amide bonds. The van der Waals surface area contributed by atoms with Crippen LogP contribution in [0, 0.1) is 12.7 Å². The smallest absolute Gasteiger partial charge is 0.261 e. The molecule has 0 bridgehead atoms. The van der Waals surface area contributed by atoms with E-state index in [9.17, 15) is 9.18 Å². The van der Waals surface area contributed by atoms with E-state index in [-0.39, 0.29) is 18.3 Å². The Kier molecular flexibility index (Phi) is 3.62. The number of thiophene rings is 1. The van der Waals surface area contributed by atoms with Gasteiger partial charge < -0.3 is 11.1 Å². The van der Waals surface area contributed by atoms with E-state index in [0.717, 1.165) is 4.88 Å². The van der Waals surface area contributed by atoms with Crippen LogP contribution in [0.2, 0.25) is 0 Å². The minimum atomic E-state index is -0.320. The van der Waals surface area contributed by atoms with Crippen molar-refractivity contribution < 1.29 is 9.18 Å². The molecule has 0 spiro atoms. The van der Waals surface area contributed by atoms with Gasteiger partial charge in [0, 0.05) is 22.7 Å². The summed E-state index contributed by atoms with van der Waals surface area (Å²) in [5, 5.41) is 2.67. The number of hydrogen-bond acceptors (Lipinski definition) is 3. The third-order valence-electron chi connectivity index (χ3n) is 2.58. The van der Waals surface area contributed by atoms with Crippen molar-refractivity contribution in [1.82, 2.24) is 5.32 Å². The molecule has 1 aromatic carbocycles. The molecule has 1 heterocycles. The lowest BCUT2D eigenvalue weighted by Gasteiger charge is -2.04. The first-order valence-corrected chi connectivity index (χ1v) is 6.27. The number of nitrogens with one attached hydrogen (secondary N) is 1. The van der Waals surface area contributed by atoms with Crippen molar-refractivity contribution in [2.75, 3.05) is 5.73 Å². The second-order valence-corrected chi connectivity index (χ2v) is 5.15. The Bertz CT molecular complexity index is 561. The van der Waals surface area contributed by atoms with Gasteiger partial charge >= 0.3 is 0 Å². The van der Waals surface area contributed by atoms with Gasteiger partial charge in [-0.3, -0.25) is 4.79 Å². The number of benzene rings is 1. The zero-order valence-corrected chi connectivity index (χ0v) is 10.7. The summed E-state index contributed by atoms with van der Waals surface area (Å²) in [6, 6.07) is 8.00. The van der Waals surface area contributed by atoms with E-state index in [2.05, 4.69) is 5.32 Å². The maximum absolute atomic E-state index is 13.3. The summed E-state index contributed by atoms with van der Waals surface area (Å²) in [4.78, 5) is 13.3. The van der Waals surface area contributed by atoms with Gasteiger partial charge in [-0.1, -0.05) is 18.2 Å². The fourth-order valence-corrected chi connectivity index (χ4v) is 2.37. The van der Waals surface area contributed by atoms with Crippen LogP contribution in [-0.4, -0.2) is 5.91 Å². The van der Waals surface area contributed by atoms with Crippen LogP contribution in [0.3, 0.4) is 0 Å². The van der Waals surface area contributed by atoms with Crippen molar-refractivity contribution in [2.24, 2.45) is 0 Å². The number of anilines is 1. The average molecular weight is 264 g/mol. The monoisotopic (exact) mass is 264 g/mol. The Hall–Kier alpha value is -1.88. The Labute approximate surface area is 108 Å². The molecule has 0 saturated heterocycles. The van der Waals surface area contributed by atoms with Crippen LogP contribution in [0.4, 0.5) is 10.1 Å². The maximum atomic E-state index is 13.3. The third kappa shape index (κ3) is 2.68. The Morgan fingerprint density at radius 3 is 2.78 bits per heavy atom. The Balaban J connectivity index is 2.03. The van der Waals surface area contributed by atoms with Crippen LogP contribution in [0.15, 0.2) is 30.3 Å². The summed E-state index contributed by atoms with van der Waals surface area (Å²) in [6.07, 6.45) is 0. The van der Waals surface area contributed by atoms with Gasteiger partial charge in [-0.25, -0.2) is 4.39 Å². The second kappa shape index (κ2) is 5.18. The van der Waals surface area contributed by atoms with Crippen LogP contribution >= 0.6 is 11.3 Å². The molecule has 0 saturated carbocycles. The molecule has 0 atom stereocenters. The second-order valence-electron chi connectivity index (χ2n) is 3.90. The van der Waals surface area contributed by atoms with Crippen molar-refractivity contribution in [2.45, 2.75) is 13.5 Å². The van der Waals surface area contributed by atoms with Crippen molar-refractivity contribution in [1.29, 1.82) is 0 Å². The van der Waals surface area contributed by atoms with Crippen molar-refractivity contribution >= 4 is 22.9 Å². The van der Waals surface area contributed by atoms with E-state index in [1.165, 1.54) is 17.4 Å². The van der Waals surface area contributed by atoms with Crippen LogP contribution in [0.5, 0.6) is 0 Å². The van der Waals surface area contributed by atoms with Crippen LogP contribution in [0.25, 0.3) is 0 Å². The van der Waals surface area contributed by atoms with Gasteiger partial charge in [-0.15, -0.1) is 11.3 Å². The fraction of sp³-hybridized carbons (Fsp3) is 0.154. The number of nitrogen functional groups attached to an aromatic ring is 1. The van der Waals surface area contributed by atoms with E-state index < -0.39 is 0 Å². The van der Waals surface area contributed by atoms with Gasteiger partial charge in [0.2, 0.25) is 0 Å². The van der Waals surface area contributed by atoms with Crippen LogP contribution in [0.1, 0.15) is 20.1 Å². The maximum Gasteiger partial charge on any atom is 0.261 e. The van der Waals surface area contributed by atoms with Crippen molar-refractivity contribution in [3.63, 3.8) is 0 Å². The molecule has 2 rings (SSSR count). The highest BCUT2D eigenvalue weighted by Gasteiger charge is 2.11. The summed E-state index contributed by atoms with van der Waals surface area (Å²) in [5.74, 6) is -0.553. The van der Waals surface area contributed by atoms with Gasteiger partial charge in [0.25, 0.3) is 5.91 Å². The van der Waals surface area contributed by atoms with E-state index in [1.54, 1.807) is 24.3 Å². The number of hydrogen-bond donors (Lipinski definition) is 2. The van der Waals surface area contributed by atoms with E-state index in [1.807, 2.05) is 6.92 Å². The first-order valence-electron chi connectivity index (χ1n) is 5.45. The predicted molar refractivity (Wildman–Crippen MR) is 71.0 cm³/mol. The fourth-order valence-electron chi connectivity index (χ4n) is 1.51. The van der Waals surface area contributed by atoms with Crippen LogP contribution < -0.4 is 11.1 Å². The average Bonchev–Trinajstić information content (AvgIpc) is 2.68. The molecule has 2 aromatic rings. The van der Waals surface area contributed by atoms with E-state index in [4.69, 9.17) is 5.73 Å². The highest BCUT2D eigenvalue weighted by Crippen LogP contribution is 2.23. The molecule has 0 unspecified atom stereocenters. The molecular formula is C13H13FN2OS. The summed E-state index contributed by atoms with van der Waals surface area (Å²) in [6.45, 7) is 2.02. The van der Waals surface area contributed by atoms with Crippen molar-refractivity contribution in [3.05, 3.63) is 51.5 Å². The lowest BCUT2D eigenvalue weighted by molar-refractivity contribution is 0.0954. The van der Waals surface area contributed by atoms with Crippen LogP contribution in [-0.2, 0) is 6.54 Å². The quantitative estimate of drug-likeness (QED) is 0.895. The molecule has 0 radical (unpaired) electrons. The highest BCUT2D eigenvalue weighted by atomic mass is 32.1. The van der Waals surface area contributed by atoms with Gasteiger partial charge in [0.15, 0.2) is 0 Å². The molecule has 1 aromatic heterocycles. The third-order valence-corrected chi connectivity index (χ3v) is 3.64. The highest BCUT2D eigenvalue weighted by molar-refractivity contribution is 7.14. The normalized spacial score (nSPS) is 10.3. The van der Waals surface area contributed by atoms with Gasteiger partial charge in [0.1, 0.15) is 5.82 Å². The molecule has 0 aliphatic carbocycles. The first-order chi connectivity index (χ1) is 8.58. The molecule has 3 nitrogen and oxygen atoms in total. The largest absolute Gasteiger partial charge is 0.398 e. The zero-order valence-electron chi connectivity index (χ0n) is 9.87. The summed E-state index contributed by atoms with van der Waals surface area (Å²) >= 11 is 1.33. The zero-order chi connectivity index (χ0) is 13.1. The topological polar surface area (TPSA) is 55.1 Å². The standard InChI is InChI=1S/C13H13FN2OS/c1-8-11(15)6-12(18-8)13(17)16-7-9-4-2-3-5-10(9)14/h2-6H,7,15H2,1H3,(H,16,17). The first kappa shape index (κ1) is 12.6. The number of carbonyl (C=O) groups is 1. The lowest BCUT2D eigenvalue weighted by Crippen LogP contribution is -2.22. The van der Waals surface area contributed by atoms with Gasteiger partial charge in [0.05, 0.1) is 4.88 Å². The number of nitrogens with two attached hydrogens (primary N) is 1. The van der Waals surface area contributed by atoms with Crippen molar-refractivity contribution in [3.8, 4) is 0 Å². The Morgan fingerprint density at radius 1 is 1.44 bits per heavy atom.